The summed E-state index contributed by atoms with van der Waals surface area (Å²) >= 11 is 0.870. The van der Waals surface area contributed by atoms with E-state index >= 15 is 0 Å². The van der Waals surface area contributed by atoms with Gasteiger partial charge in [-0.05, 0) is 23.9 Å². The molecule has 0 aliphatic heterocycles. The first-order chi connectivity index (χ1) is 8.63. The van der Waals surface area contributed by atoms with E-state index in [0.717, 1.165) is 11.8 Å². The Morgan fingerprint density at radius 3 is 2.61 bits per heavy atom. The molecule has 1 aromatic heterocycles. The molecule has 0 radical (unpaired) electrons. The molecule has 0 spiro atoms. The lowest BCUT2D eigenvalue weighted by Gasteiger charge is -2.18. The molecule has 0 aliphatic carbocycles. The van der Waals surface area contributed by atoms with Crippen molar-refractivity contribution in [3.05, 3.63) is 24.0 Å². The minimum atomic E-state index is -0.577. The van der Waals surface area contributed by atoms with Gasteiger partial charge in [0, 0.05) is 20.3 Å². The number of pyridine rings is 1. The van der Waals surface area contributed by atoms with Crippen LogP contribution < -0.4 is 10.9 Å². The van der Waals surface area contributed by atoms with Gasteiger partial charge in [-0.1, -0.05) is 0 Å². The number of aromatic nitrogens is 1. The predicted octanol–water partition coefficient (Wildman–Crippen LogP) is 0.651. The first-order valence-corrected chi connectivity index (χ1v) is 5.85. The van der Waals surface area contributed by atoms with Crippen molar-refractivity contribution in [1.82, 2.24) is 21.0 Å². The van der Waals surface area contributed by atoms with Gasteiger partial charge < -0.3 is 4.74 Å². The van der Waals surface area contributed by atoms with E-state index in [2.05, 4.69) is 20.6 Å². The van der Waals surface area contributed by atoms with Gasteiger partial charge in [0.25, 0.3) is 0 Å². The van der Waals surface area contributed by atoms with Crippen molar-refractivity contribution in [1.29, 1.82) is 0 Å². The fraction of sp³-hybridized carbons (Fsp3) is 0.300. The summed E-state index contributed by atoms with van der Waals surface area (Å²) in [5.41, 5.74) is 5.42. The molecular weight excluding hydrogens is 256 g/mol. The van der Waals surface area contributed by atoms with Crippen LogP contribution in [-0.4, -0.2) is 42.5 Å². The molecule has 98 valence electrons. The van der Waals surface area contributed by atoms with Crippen LogP contribution in [0.5, 0.6) is 0 Å². The summed E-state index contributed by atoms with van der Waals surface area (Å²) in [7, 11) is 4.46. The fourth-order valence-corrected chi connectivity index (χ4v) is 2.00. The van der Waals surface area contributed by atoms with Crippen molar-refractivity contribution in [2.45, 2.75) is 4.90 Å². The van der Waals surface area contributed by atoms with Gasteiger partial charge in [-0.3, -0.25) is 4.79 Å². The van der Waals surface area contributed by atoms with E-state index in [9.17, 15) is 9.59 Å². The fourth-order valence-electron chi connectivity index (χ4n) is 1.16. The molecule has 1 rings (SSSR count). The first-order valence-electron chi connectivity index (χ1n) is 5.04. The SMILES string of the molecule is CNN(NC)C(=O)Sc1cccnc1C(=O)OC. The average Bonchev–Trinajstić information content (AvgIpc) is 2.40. The molecule has 0 bridgehead atoms. The van der Waals surface area contributed by atoms with Crippen molar-refractivity contribution in [2.24, 2.45) is 0 Å². The van der Waals surface area contributed by atoms with E-state index in [4.69, 9.17) is 0 Å². The predicted molar refractivity (Wildman–Crippen MR) is 66.8 cm³/mol. The number of methoxy groups -OCH3 is 1. The number of hydrogen-bond donors (Lipinski definition) is 2. The van der Waals surface area contributed by atoms with Gasteiger partial charge in [0.15, 0.2) is 5.69 Å². The number of hydrazine groups is 2. The molecule has 18 heavy (non-hydrogen) atoms. The summed E-state index contributed by atoms with van der Waals surface area (Å²) in [5, 5.41) is 0.858. The van der Waals surface area contributed by atoms with Crippen LogP contribution in [0.1, 0.15) is 10.5 Å². The zero-order valence-electron chi connectivity index (χ0n) is 10.3. The molecule has 7 nitrogen and oxygen atoms in total. The number of nitrogens with zero attached hydrogens (tertiary/aromatic N) is 2. The molecule has 8 heteroatoms. The number of amides is 1. The second kappa shape index (κ2) is 6.94. The summed E-state index contributed by atoms with van der Waals surface area (Å²) in [6.07, 6.45) is 1.47. The van der Waals surface area contributed by atoms with Gasteiger partial charge in [-0.2, -0.15) is 5.12 Å². The normalized spacial score (nSPS) is 9.94. The zero-order valence-corrected chi connectivity index (χ0v) is 11.1. The summed E-state index contributed by atoms with van der Waals surface area (Å²) in [5.74, 6) is -0.577. The summed E-state index contributed by atoms with van der Waals surface area (Å²) in [4.78, 5) is 27.6. The quantitative estimate of drug-likeness (QED) is 0.472. The Bertz CT molecular complexity index is 437. The second-order valence-corrected chi connectivity index (χ2v) is 3.99. The largest absolute Gasteiger partial charge is 0.464 e. The van der Waals surface area contributed by atoms with Crippen LogP contribution in [0.3, 0.4) is 0 Å². The Morgan fingerprint density at radius 2 is 2.06 bits per heavy atom. The number of thioether (sulfide) groups is 1. The Balaban J connectivity index is 2.90. The number of hydrogen-bond acceptors (Lipinski definition) is 7. The third kappa shape index (κ3) is 3.42. The van der Waals surface area contributed by atoms with Crippen LogP contribution in [-0.2, 0) is 4.74 Å². The topological polar surface area (TPSA) is 83.6 Å². The lowest BCUT2D eigenvalue weighted by Crippen LogP contribution is -2.46. The monoisotopic (exact) mass is 270 g/mol. The number of nitrogens with one attached hydrogen (secondary N) is 2. The second-order valence-electron chi connectivity index (χ2n) is 2.99. The van der Waals surface area contributed by atoms with Gasteiger partial charge >= 0.3 is 11.2 Å². The van der Waals surface area contributed by atoms with E-state index in [1.54, 1.807) is 26.2 Å². The van der Waals surface area contributed by atoms with Crippen molar-refractivity contribution in [3.63, 3.8) is 0 Å². The summed E-state index contributed by atoms with van der Waals surface area (Å²) < 4.78 is 4.60. The average molecular weight is 270 g/mol. The molecule has 0 atom stereocenters. The maximum atomic E-state index is 11.8. The number of ether oxygens (including phenoxy) is 1. The van der Waals surface area contributed by atoms with Crippen LogP contribution in [0.4, 0.5) is 4.79 Å². The maximum Gasteiger partial charge on any atom is 0.357 e. The lowest BCUT2D eigenvalue weighted by molar-refractivity contribution is 0.0589. The highest BCUT2D eigenvalue weighted by atomic mass is 32.2. The van der Waals surface area contributed by atoms with E-state index in [-0.39, 0.29) is 10.9 Å². The Hall–Kier alpha value is -1.64. The van der Waals surface area contributed by atoms with Crippen molar-refractivity contribution < 1.29 is 14.3 Å². The zero-order chi connectivity index (χ0) is 13.5. The molecular formula is C10H14N4O3S. The van der Waals surface area contributed by atoms with Gasteiger partial charge in [0.2, 0.25) is 0 Å². The van der Waals surface area contributed by atoms with Gasteiger partial charge in [-0.25, -0.2) is 20.6 Å². The van der Waals surface area contributed by atoms with Gasteiger partial charge in [0.1, 0.15) is 0 Å². The number of esters is 1. The van der Waals surface area contributed by atoms with Gasteiger partial charge in [-0.15, -0.1) is 0 Å². The van der Waals surface area contributed by atoms with Crippen molar-refractivity contribution in [3.8, 4) is 0 Å². The minimum absolute atomic E-state index is 0.116. The molecule has 1 aromatic rings. The summed E-state index contributed by atoms with van der Waals surface area (Å²) in [6.45, 7) is 0. The standard InChI is InChI=1S/C10H14N4O3S/c1-11-14(12-2)10(16)18-7-5-4-6-13-8(7)9(15)17-3/h4-6,11-12H,1-3H3. The van der Waals surface area contributed by atoms with E-state index in [0.29, 0.717) is 4.90 Å². The molecule has 2 N–H and O–H groups in total. The summed E-state index contributed by atoms with van der Waals surface area (Å²) in [6, 6.07) is 3.27. The Morgan fingerprint density at radius 1 is 1.39 bits per heavy atom. The molecule has 0 saturated carbocycles. The lowest BCUT2D eigenvalue weighted by atomic mass is 10.3. The first kappa shape index (κ1) is 14.4. The Labute approximate surface area is 109 Å². The third-order valence-electron chi connectivity index (χ3n) is 1.98. The molecule has 0 aromatic carbocycles. The van der Waals surface area contributed by atoms with E-state index in [1.165, 1.54) is 18.4 Å². The number of rotatable bonds is 4. The van der Waals surface area contributed by atoms with Gasteiger partial charge in [0.05, 0.1) is 12.0 Å². The Kier molecular flexibility index (Phi) is 5.56. The highest BCUT2D eigenvalue weighted by molar-refractivity contribution is 8.13. The van der Waals surface area contributed by atoms with Crippen LogP contribution in [0.25, 0.3) is 0 Å². The highest BCUT2D eigenvalue weighted by Gasteiger charge is 2.19. The molecule has 1 amide bonds. The van der Waals surface area contributed by atoms with Crippen LogP contribution in [0, 0.1) is 0 Å². The van der Waals surface area contributed by atoms with Crippen molar-refractivity contribution >= 4 is 23.0 Å². The minimum Gasteiger partial charge on any atom is -0.464 e. The maximum absolute atomic E-state index is 11.8. The van der Waals surface area contributed by atoms with E-state index in [1.807, 2.05) is 0 Å². The molecule has 0 aliphatic rings. The number of carbonyl (C=O) groups is 2. The smallest absolute Gasteiger partial charge is 0.357 e. The van der Waals surface area contributed by atoms with Crippen LogP contribution in [0.2, 0.25) is 0 Å². The number of carbonyl (C=O) groups excluding carboxylic acids is 2. The van der Waals surface area contributed by atoms with Crippen LogP contribution >= 0.6 is 11.8 Å². The van der Waals surface area contributed by atoms with E-state index < -0.39 is 5.97 Å². The highest BCUT2D eigenvalue weighted by Crippen LogP contribution is 2.23. The molecule has 0 saturated heterocycles. The third-order valence-corrected chi connectivity index (χ3v) is 2.88. The molecule has 0 fully saturated rings. The molecule has 0 unspecified atom stereocenters. The molecule has 1 heterocycles. The van der Waals surface area contributed by atoms with Crippen LogP contribution in [0.15, 0.2) is 23.2 Å². The van der Waals surface area contributed by atoms with Crippen molar-refractivity contribution in [2.75, 3.05) is 21.2 Å².